The molecule has 0 aromatic carbocycles. The van der Waals surface area contributed by atoms with Crippen molar-refractivity contribution in [1.82, 2.24) is 5.32 Å². The molecule has 1 saturated carbocycles. The molecule has 0 bridgehead atoms. The van der Waals surface area contributed by atoms with Gasteiger partial charge >= 0.3 is 0 Å². The van der Waals surface area contributed by atoms with Gasteiger partial charge in [0.05, 0.1) is 5.54 Å². The second kappa shape index (κ2) is 6.07. The van der Waals surface area contributed by atoms with Crippen LogP contribution in [0.25, 0.3) is 0 Å². The van der Waals surface area contributed by atoms with Gasteiger partial charge in [0.25, 0.3) is 0 Å². The Kier molecular flexibility index (Phi) is 4.86. The Bertz CT molecular complexity index is 317. The molecule has 0 atom stereocenters. The summed E-state index contributed by atoms with van der Waals surface area (Å²) in [6.07, 6.45) is 8.86. The van der Waals surface area contributed by atoms with Crippen LogP contribution in [0.3, 0.4) is 0 Å². The zero-order valence-corrected chi connectivity index (χ0v) is 13.9. The Morgan fingerprint density at radius 3 is 2.32 bits per heavy atom. The first-order valence-electron chi connectivity index (χ1n) is 8.08. The molecule has 1 heterocycles. The summed E-state index contributed by atoms with van der Waals surface area (Å²) in [6.45, 7) is 9.25. The van der Waals surface area contributed by atoms with Crippen LogP contribution in [0, 0.1) is 5.92 Å². The lowest BCUT2D eigenvalue weighted by Crippen LogP contribution is -2.45. The van der Waals surface area contributed by atoms with Crippen molar-refractivity contribution in [3.05, 3.63) is 0 Å². The number of nitrogens with one attached hydrogen (secondary N) is 1. The first-order valence-corrected chi connectivity index (χ1v) is 9.06. The Morgan fingerprint density at radius 1 is 1.21 bits per heavy atom. The molecule has 0 radical (unpaired) electrons. The van der Waals surface area contributed by atoms with Gasteiger partial charge in [-0.2, -0.15) is 0 Å². The maximum absolute atomic E-state index is 5.11. The molecular formula is C16H30N2S. The van der Waals surface area contributed by atoms with E-state index in [1.54, 1.807) is 0 Å². The molecule has 2 rings (SSSR count). The van der Waals surface area contributed by atoms with Crippen molar-refractivity contribution >= 4 is 16.9 Å². The summed E-state index contributed by atoms with van der Waals surface area (Å²) < 4.78 is 0. The molecule has 1 N–H and O–H groups in total. The van der Waals surface area contributed by atoms with E-state index in [-0.39, 0.29) is 11.1 Å². The lowest BCUT2D eigenvalue weighted by atomic mass is 9.79. The molecule has 110 valence electrons. The van der Waals surface area contributed by atoms with Crippen molar-refractivity contribution in [1.29, 1.82) is 0 Å². The number of nitrogens with zero attached hydrogens (tertiary/aromatic N) is 1. The minimum absolute atomic E-state index is 0.263. The van der Waals surface area contributed by atoms with Crippen molar-refractivity contribution in [3.8, 4) is 0 Å². The monoisotopic (exact) mass is 282 g/mol. The summed E-state index contributed by atoms with van der Waals surface area (Å²) in [5.74, 6) is 2.11. The van der Waals surface area contributed by atoms with Crippen molar-refractivity contribution in [2.45, 2.75) is 83.7 Å². The van der Waals surface area contributed by atoms with Gasteiger partial charge in [-0.05, 0) is 50.9 Å². The lowest BCUT2D eigenvalue weighted by Gasteiger charge is -2.33. The van der Waals surface area contributed by atoms with Crippen LogP contribution in [-0.4, -0.2) is 22.0 Å². The zero-order valence-electron chi connectivity index (χ0n) is 13.1. The van der Waals surface area contributed by atoms with Gasteiger partial charge in [-0.1, -0.05) is 39.5 Å². The average molecular weight is 282 g/mol. The molecule has 3 heteroatoms. The second-order valence-electron chi connectivity index (χ2n) is 6.58. The van der Waals surface area contributed by atoms with Crippen LogP contribution in [0.15, 0.2) is 4.99 Å². The Morgan fingerprint density at radius 2 is 1.79 bits per heavy atom. The predicted molar refractivity (Wildman–Crippen MR) is 87.0 cm³/mol. The molecule has 1 spiro atoms. The maximum Gasteiger partial charge on any atom is 0.157 e. The van der Waals surface area contributed by atoms with Crippen LogP contribution < -0.4 is 5.32 Å². The minimum atomic E-state index is 0.263. The van der Waals surface area contributed by atoms with Gasteiger partial charge in [-0.15, -0.1) is 0 Å². The molecular weight excluding hydrogens is 252 g/mol. The van der Waals surface area contributed by atoms with Crippen molar-refractivity contribution in [3.63, 3.8) is 0 Å². The normalized spacial score (nSPS) is 31.6. The van der Waals surface area contributed by atoms with Crippen LogP contribution in [0.4, 0.5) is 0 Å². The first kappa shape index (κ1) is 15.2. The van der Waals surface area contributed by atoms with Crippen LogP contribution in [0.5, 0.6) is 0 Å². The van der Waals surface area contributed by atoms with Gasteiger partial charge in [0.2, 0.25) is 0 Å². The first-order chi connectivity index (χ1) is 9.07. The van der Waals surface area contributed by atoms with Crippen LogP contribution >= 0.6 is 11.8 Å². The zero-order chi connectivity index (χ0) is 13.9. The fraction of sp³-hybridized carbons (Fsp3) is 0.938. The number of aliphatic imine (C=N–C) groups is 1. The topological polar surface area (TPSA) is 24.4 Å². The summed E-state index contributed by atoms with van der Waals surface area (Å²) in [7, 11) is 0. The van der Waals surface area contributed by atoms with Gasteiger partial charge < -0.3 is 5.32 Å². The van der Waals surface area contributed by atoms with E-state index in [0.717, 1.165) is 5.92 Å². The summed E-state index contributed by atoms with van der Waals surface area (Å²) >= 11 is 1.96. The molecule has 0 amide bonds. The summed E-state index contributed by atoms with van der Waals surface area (Å²) in [4.78, 5) is 5.11. The molecule has 0 aromatic rings. The lowest BCUT2D eigenvalue weighted by molar-refractivity contribution is 0.272. The molecule has 0 unspecified atom stereocenters. The largest absolute Gasteiger partial charge is 0.360 e. The number of thioether (sulfide) groups is 1. The second-order valence-corrected chi connectivity index (χ2v) is 7.54. The average Bonchev–Trinajstić information content (AvgIpc) is 2.83. The standard InChI is InChI=1S/C16H30N2S/c1-5-15(6-2,7-3)17-14-18-16(12-19-14)10-8-13(4)9-11-16/h13H,5-12H2,1-4H3,(H,17,18). The van der Waals surface area contributed by atoms with Gasteiger partial charge in [-0.3, -0.25) is 4.99 Å². The third-order valence-electron chi connectivity index (χ3n) is 5.42. The smallest absolute Gasteiger partial charge is 0.157 e. The van der Waals surface area contributed by atoms with E-state index in [1.807, 2.05) is 11.8 Å². The van der Waals surface area contributed by atoms with E-state index in [0.29, 0.717) is 0 Å². The SMILES string of the molecule is CCC(CC)(CC)NC1=NC2(CCC(C)CC2)CS1. The molecule has 2 nitrogen and oxygen atoms in total. The Balaban J connectivity index is 2.03. The Hall–Kier alpha value is -0.180. The van der Waals surface area contributed by atoms with Crippen LogP contribution in [0.2, 0.25) is 0 Å². The number of hydrogen-bond acceptors (Lipinski definition) is 3. The maximum atomic E-state index is 5.11. The highest BCUT2D eigenvalue weighted by molar-refractivity contribution is 8.14. The summed E-state index contributed by atoms with van der Waals surface area (Å²) in [5, 5.41) is 5.00. The van der Waals surface area contributed by atoms with E-state index in [9.17, 15) is 0 Å². The summed E-state index contributed by atoms with van der Waals surface area (Å²) in [5.41, 5.74) is 0.541. The number of rotatable bonds is 4. The van der Waals surface area contributed by atoms with Crippen molar-refractivity contribution in [2.75, 3.05) is 5.75 Å². The van der Waals surface area contributed by atoms with Crippen LogP contribution in [0.1, 0.15) is 72.6 Å². The minimum Gasteiger partial charge on any atom is -0.360 e. The van der Waals surface area contributed by atoms with E-state index in [1.165, 1.54) is 55.9 Å². The fourth-order valence-electron chi connectivity index (χ4n) is 3.34. The molecule has 0 saturated heterocycles. The third-order valence-corrected chi connectivity index (χ3v) is 6.57. The molecule has 1 aliphatic carbocycles. The quantitative estimate of drug-likeness (QED) is 0.815. The van der Waals surface area contributed by atoms with Gasteiger partial charge in [0.15, 0.2) is 5.17 Å². The van der Waals surface area contributed by atoms with Crippen molar-refractivity contribution < 1.29 is 0 Å². The molecule has 1 aliphatic heterocycles. The molecule has 2 aliphatic rings. The van der Waals surface area contributed by atoms with Crippen LogP contribution in [-0.2, 0) is 0 Å². The van der Waals surface area contributed by atoms with Gasteiger partial charge in [-0.25, -0.2) is 0 Å². The van der Waals surface area contributed by atoms with E-state index >= 15 is 0 Å². The predicted octanol–water partition coefficient (Wildman–Crippen LogP) is 4.60. The van der Waals surface area contributed by atoms with Gasteiger partial charge in [0, 0.05) is 11.3 Å². The molecule has 0 aromatic heterocycles. The summed E-state index contributed by atoms with van der Waals surface area (Å²) in [6, 6.07) is 0. The van der Waals surface area contributed by atoms with E-state index in [2.05, 4.69) is 33.0 Å². The third kappa shape index (κ3) is 3.29. The van der Waals surface area contributed by atoms with Gasteiger partial charge in [0.1, 0.15) is 0 Å². The highest BCUT2D eigenvalue weighted by Crippen LogP contribution is 2.41. The van der Waals surface area contributed by atoms with E-state index in [4.69, 9.17) is 4.99 Å². The highest BCUT2D eigenvalue weighted by atomic mass is 32.2. The molecule has 1 fully saturated rings. The Labute approximate surface area is 123 Å². The number of hydrogen-bond donors (Lipinski definition) is 1. The number of amidine groups is 1. The van der Waals surface area contributed by atoms with Crippen molar-refractivity contribution in [2.24, 2.45) is 10.9 Å². The fourth-order valence-corrected chi connectivity index (χ4v) is 4.65. The van der Waals surface area contributed by atoms with E-state index < -0.39 is 0 Å². The molecule has 19 heavy (non-hydrogen) atoms. The highest BCUT2D eigenvalue weighted by Gasteiger charge is 2.39.